The van der Waals surface area contributed by atoms with E-state index in [4.69, 9.17) is 25.8 Å². The Morgan fingerprint density at radius 3 is 2.59 bits per heavy atom. The highest BCUT2D eigenvalue weighted by atomic mass is 35.5. The molecule has 0 unspecified atom stereocenters. The first-order valence-corrected chi connectivity index (χ1v) is 11.4. The predicted molar refractivity (Wildman–Crippen MR) is 123 cm³/mol. The zero-order chi connectivity index (χ0) is 23.3. The quantitative estimate of drug-likeness (QED) is 0.387. The second-order valence-electron chi connectivity index (χ2n) is 9.06. The van der Waals surface area contributed by atoms with Gasteiger partial charge in [0.05, 0.1) is 6.61 Å². The molecule has 1 aliphatic carbocycles. The van der Waals surface area contributed by atoms with Gasteiger partial charge in [0.25, 0.3) is 0 Å². The van der Waals surface area contributed by atoms with E-state index in [0.29, 0.717) is 19.0 Å². The van der Waals surface area contributed by atoms with Crippen molar-refractivity contribution in [1.82, 2.24) is 9.88 Å². The number of rotatable bonds is 8. The van der Waals surface area contributed by atoms with Gasteiger partial charge in [0.2, 0.25) is 5.88 Å². The van der Waals surface area contributed by atoms with Crippen LogP contribution in [-0.4, -0.2) is 47.3 Å². The fraction of sp³-hybridized carbons (Fsp3) is 0.542. The van der Waals surface area contributed by atoms with Crippen LogP contribution in [0.3, 0.4) is 0 Å². The molecule has 1 aromatic carbocycles. The lowest BCUT2D eigenvalue weighted by atomic mass is 9.85. The molecule has 1 aromatic heterocycles. The number of hydrogen-bond donors (Lipinski definition) is 0. The van der Waals surface area contributed by atoms with Crippen molar-refractivity contribution in [3.8, 4) is 5.88 Å². The van der Waals surface area contributed by atoms with Gasteiger partial charge in [-0.2, -0.15) is 0 Å². The zero-order valence-electron chi connectivity index (χ0n) is 19.2. The first-order chi connectivity index (χ1) is 15.1. The van der Waals surface area contributed by atoms with E-state index in [1.54, 1.807) is 17.9 Å². The van der Waals surface area contributed by atoms with Crippen molar-refractivity contribution in [2.24, 2.45) is 5.92 Å². The monoisotopic (exact) mass is 462 g/mol. The molecule has 2 aromatic rings. The fourth-order valence-corrected chi connectivity index (χ4v) is 3.71. The fourth-order valence-electron chi connectivity index (χ4n) is 3.52. The normalized spacial score (nSPS) is 14.0. The molecule has 1 amide bonds. The van der Waals surface area contributed by atoms with Gasteiger partial charge in [0, 0.05) is 18.5 Å². The zero-order valence-corrected chi connectivity index (χ0v) is 19.9. The Morgan fingerprint density at radius 1 is 1.22 bits per heavy atom. The maximum absolute atomic E-state index is 12.8. The number of carbonyl (C=O) groups is 2. The van der Waals surface area contributed by atoms with Gasteiger partial charge in [-0.25, -0.2) is 14.6 Å². The first-order valence-electron chi connectivity index (χ1n) is 11.0. The average Bonchev–Trinajstić information content (AvgIpc) is 2.66. The number of nitrogens with zero attached hydrogens (tertiary/aromatic N) is 2. The Kier molecular flexibility index (Phi) is 7.82. The Morgan fingerprint density at radius 2 is 1.97 bits per heavy atom. The molecular formula is C24H31ClN2O5. The maximum atomic E-state index is 12.8. The molecule has 1 aliphatic rings. The summed E-state index contributed by atoms with van der Waals surface area (Å²) in [7, 11) is 0. The summed E-state index contributed by atoms with van der Waals surface area (Å²) < 4.78 is 16.1. The van der Waals surface area contributed by atoms with E-state index in [2.05, 4.69) is 4.98 Å². The van der Waals surface area contributed by atoms with E-state index in [1.807, 2.05) is 39.0 Å². The van der Waals surface area contributed by atoms with Crippen LogP contribution in [-0.2, 0) is 20.8 Å². The van der Waals surface area contributed by atoms with Gasteiger partial charge in [-0.15, -0.1) is 0 Å². The third-order valence-corrected chi connectivity index (χ3v) is 5.38. The summed E-state index contributed by atoms with van der Waals surface area (Å²) in [5.74, 6) is 0.318. The number of halogens is 1. The van der Waals surface area contributed by atoms with E-state index < -0.39 is 11.6 Å². The average molecular weight is 463 g/mol. The van der Waals surface area contributed by atoms with Crippen LogP contribution in [0.1, 0.15) is 52.5 Å². The Hall–Kier alpha value is -2.54. The second-order valence-corrected chi connectivity index (χ2v) is 9.44. The van der Waals surface area contributed by atoms with Crippen LogP contribution in [0.15, 0.2) is 24.3 Å². The van der Waals surface area contributed by atoms with Crippen LogP contribution in [0.2, 0.25) is 5.15 Å². The van der Waals surface area contributed by atoms with E-state index in [9.17, 15) is 9.59 Å². The molecule has 0 N–H and O–H groups in total. The van der Waals surface area contributed by atoms with E-state index in [0.717, 1.165) is 29.2 Å². The Bertz CT molecular complexity index is 969. The predicted octanol–water partition coefficient (Wildman–Crippen LogP) is 5.37. The van der Waals surface area contributed by atoms with Crippen LogP contribution < -0.4 is 4.74 Å². The highest BCUT2D eigenvalue weighted by Crippen LogP contribution is 2.30. The van der Waals surface area contributed by atoms with Crippen LogP contribution in [0, 0.1) is 5.92 Å². The lowest BCUT2D eigenvalue weighted by Crippen LogP contribution is -2.40. The number of carbonyl (C=O) groups excluding carboxylic acids is 2. The number of hydrogen-bond acceptors (Lipinski definition) is 6. The van der Waals surface area contributed by atoms with Crippen LogP contribution in [0.25, 0.3) is 10.8 Å². The highest BCUT2D eigenvalue weighted by molar-refractivity contribution is 6.30. The topological polar surface area (TPSA) is 78.0 Å². The molecule has 0 spiro atoms. The van der Waals surface area contributed by atoms with Crippen LogP contribution in [0.4, 0.5) is 4.79 Å². The molecule has 1 fully saturated rings. The van der Waals surface area contributed by atoms with Crippen molar-refractivity contribution in [3.05, 3.63) is 35.0 Å². The van der Waals surface area contributed by atoms with Gasteiger partial charge >= 0.3 is 12.1 Å². The Labute approximate surface area is 194 Å². The third-order valence-electron chi connectivity index (χ3n) is 5.19. The smallest absolute Gasteiger partial charge is 0.410 e. The number of esters is 1. The summed E-state index contributed by atoms with van der Waals surface area (Å²) >= 11 is 6.18. The standard InChI is InChI=1S/C24H31ClN2O5/c1-5-30-21(28)15-31-22-19-10-9-17(11-18(19)12-20(25)26-22)14-27(13-16-7-6-8-16)23(29)32-24(2,3)4/h9-12,16H,5-8,13-15H2,1-4H3. The summed E-state index contributed by atoms with van der Waals surface area (Å²) in [6, 6.07) is 7.48. The van der Waals surface area contributed by atoms with Crippen LogP contribution >= 0.6 is 11.6 Å². The van der Waals surface area contributed by atoms with Crippen molar-refractivity contribution in [2.45, 2.75) is 59.1 Å². The van der Waals surface area contributed by atoms with Gasteiger partial charge in [0.1, 0.15) is 10.8 Å². The molecule has 1 saturated carbocycles. The lowest BCUT2D eigenvalue weighted by Gasteiger charge is -2.33. The van der Waals surface area contributed by atoms with Gasteiger partial charge in [-0.1, -0.05) is 24.1 Å². The third kappa shape index (κ3) is 6.73. The molecule has 1 heterocycles. The van der Waals surface area contributed by atoms with Crippen molar-refractivity contribution in [3.63, 3.8) is 0 Å². The van der Waals surface area contributed by atoms with Crippen LogP contribution in [0.5, 0.6) is 5.88 Å². The SMILES string of the molecule is CCOC(=O)COc1nc(Cl)cc2cc(CN(CC3CCC3)C(=O)OC(C)(C)C)ccc12. The van der Waals surface area contributed by atoms with E-state index in [-0.39, 0.29) is 30.3 Å². The van der Waals surface area contributed by atoms with Crippen molar-refractivity contribution in [1.29, 1.82) is 0 Å². The number of fused-ring (bicyclic) bond motifs is 1. The van der Waals surface area contributed by atoms with Gasteiger partial charge in [0.15, 0.2) is 6.61 Å². The number of ether oxygens (including phenoxy) is 3. The second kappa shape index (κ2) is 10.4. The minimum absolute atomic E-state index is 0.244. The molecule has 0 radical (unpaired) electrons. The largest absolute Gasteiger partial charge is 0.465 e. The Balaban J connectivity index is 1.80. The van der Waals surface area contributed by atoms with Gasteiger partial charge in [-0.3, -0.25) is 0 Å². The molecule has 8 heteroatoms. The minimum atomic E-state index is -0.553. The van der Waals surface area contributed by atoms with Gasteiger partial charge < -0.3 is 19.1 Å². The summed E-state index contributed by atoms with van der Waals surface area (Å²) in [6.45, 7) is 8.49. The van der Waals surface area contributed by atoms with Gasteiger partial charge in [-0.05, 0) is 75.6 Å². The number of benzene rings is 1. The lowest BCUT2D eigenvalue weighted by molar-refractivity contribution is -0.145. The molecule has 7 nitrogen and oxygen atoms in total. The molecule has 0 aliphatic heterocycles. The van der Waals surface area contributed by atoms with Crippen molar-refractivity contribution < 1.29 is 23.8 Å². The molecule has 174 valence electrons. The summed E-state index contributed by atoms with van der Waals surface area (Å²) in [5, 5.41) is 1.80. The maximum Gasteiger partial charge on any atom is 0.410 e. The van der Waals surface area contributed by atoms with Crippen molar-refractivity contribution >= 4 is 34.4 Å². The number of pyridine rings is 1. The summed E-state index contributed by atoms with van der Waals surface area (Å²) in [6.07, 6.45) is 3.18. The highest BCUT2D eigenvalue weighted by Gasteiger charge is 2.27. The van der Waals surface area contributed by atoms with Crippen molar-refractivity contribution in [2.75, 3.05) is 19.8 Å². The molecule has 32 heavy (non-hydrogen) atoms. The van der Waals surface area contributed by atoms with E-state index >= 15 is 0 Å². The minimum Gasteiger partial charge on any atom is -0.465 e. The molecule has 0 bridgehead atoms. The number of aromatic nitrogens is 1. The molecular weight excluding hydrogens is 432 g/mol. The van der Waals surface area contributed by atoms with E-state index in [1.165, 1.54) is 6.42 Å². The summed E-state index contributed by atoms with van der Waals surface area (Å²) in [4.78, 5) is 30.4. The molecule has 0 atom stereocenters. The number of amides is 1. The molecule has 0 saturated heterocycles. The first kappa shape index (κ1) is 24.1. The summed E-state index contributed by atoms with van der Waals surface area (Å²) in [5.41, 5.74) is 0.393. The molecule has 3 rings (SSSR count).